The van der Waals surface area contributed by atoms with Crippen LogP contribution in [0.1, 0.15) is 17.5 Å². The Labute approximate surface area is 211 Å². The quantitative estimate of drug-likeness (QED) is 0.196. The highest BCUT2D eigenvalue weighted by Gasteiger charge is 2.10. The van der Waals surface area contributed by atoms with Crippen molar-refractivity contribution in [3.05, 3.63) is 121 Å². The molecule has 0 saturated carbocycles. The summed E-state index contributed by atoms with van der Waals surface area (Å²) in [4.78, 5) is 11.3. The lowest BCUT2D eigenvalue weighted by molar-refractivity contribution is -0.137. The van der Waals surface area contributed by atoms with E-state index >= 15 is 4.39 Å². The molecule has 0 aromatic heterocycles. The number of benzene rings is 4. The van der Waals surface area contributed by atoms with Crippen molar-refractivity contribution < 1.29 is 19.0 Å². The first kappa shape index (κ1) is 25.1. The molecule has 0 saturated heterocycles. The Kier molecular flexibility index (Phi) is 8.43. The van der Waals surface area contributed by atoms with Crippen LogP contribution in [0, 0.1) is 5.82 Å². The molecule has 0 unspecified atom stereocenters. The molecule has 0 aliphatic heterocycles. The summed E-state index contributed by atoms with van der Waals surface area (Å²) < 4.78 is 20.2. The summed E-state index contributed by atoms with van der Waals surface area (Å²) in [6, 6.07) is 29.2. The predicted molar refractivity (Wildman–Crippen MR) is 143 cm³/mol. The normalized spacial score (nSPS) is 10.7. The van der Waals surface area contributed by atoms with E-state index in [4.69, 9.17) is 9.84 Å². The summed E-state index contributed by atoms with van der Waals surface area (Å²) in [7, 11) is 0. The maximum atomic E-state index is 15.0. The smallest absolute Gasteiger partial charge is 0.330 e. The van der Waals surface area contributed by atoms with Gasteiger partial charge in [0.15, 0.2) is 0 Å². The molecular weight excluding hydrogens is 451 g/mol. The number of esters is 1. The Morgan fingerprint density at radius 3 is 2.14 bits per heavy atom. The Bertz CT molecular complexity index is 1320. The molecule has 0 bridgehead atoms. The molecule has 0 amide bonds. The number of ether oxygens (including phenoxy) is 1. The van der Waals surface area contributed by atoms with Gasteiger partial charge in [0.25, 0.3) is 0 Å². The molecule has 4 rings (SSSR count). The number of carbonyl (C=O) groups is 1. The van der Waals surface area contributed by atoms with Crippen LogP contribution in [0.3, 0.4) is 0 Å². The van der Waals surface area contributed by atoms with Gasteiger partial charge in [-0.05, 0) is 57.9 Å². The van der Waals surface area contributed by atoms with Crippen LogP contribution in [0.5, 0.6) is 0 Å². The number of hydrogen-bond donors (Lipinski definition) is 1. The summed E-state index contributed by atoms with van der Waals surface area (Å²) >= 11 is 0. The van der Waals surface area contributed by atoms with Gasteiger partial charge in [0.05, 0.1) is 6.61 Å². The van der Waals surface area contributed by atoms with E-state index in [0.29, 0.717) is 12.0 Å². The zero-order valence-electron chi connectivity index (χ0n) is 20.1. The molecule has 4 aromatic carbocycles. The molecule has 0 fully saturated rings. The van der Waals surface area contributed by atoms with Crippen molar-refractivity contribution >= 4 is 5.97 Å². The van der Waals surface area contributed by atoms with Gasteiger partial charge in [-0.15, -0.1) is 0 Å². The second-order valence-electron chi connectivity index (χ2n) is 8.57. The summed E-state index contributed by atoms with van der Waals surface area (Å²) in [5, 5.41) is 8.99. The van der Waals surface area contributed by atoms with Gasteiger partial charge in [0, 0.05) is 24.7 Å². The van der Waals surface area contributed by atoms with E-state index in [9.17, 15) is 4.79 Å². The minimum Gasteiger partial charge on any atom is -0.462 e. The highest BCUT2D eigenvalue weighted by atomic mass is 19.1. The lowest BCUT2D eigenvalue weighted by Gasteiger charge is -2.11. The van der Waals surface area contributed by atoms with Crippen molar-refractivity contribution in [2.24, 2.45) is 0 Å². The molecule has 36 heavy (non-hydrogen) atoms. The predicted octanol–water partition coefficient (Wildman–Crippen LogP) is 7.02. The summed E-state index contributed by atoms with van der Waals surface area (Å²) in [6.07, 6.45) is 3.29. The van der Waals surface area contributed by atoms with Crippen molar-refractivity contribution in [3.63, 3.8) is 0 Å². The third-order valence-electron chi connectivity index (χ3n) is 6.19. The summed E-state index contributed by atoms with van der Waals surface area (Å²) in [5.74, 6) is -0.691. The van der Waals surface area contributed by atoms with Crippen LogP contribution in [0.25, 0.3) is 33.4 Å². The van der Waals surface area contributed by atoms with Crippen LogP contribution in [0.15, 0.2) is 104 Å². The maximum absolute atomic E-state index is 15.0. The molecule has 0 aliphatic rings. The van der Waals surface area contributed by atoms with E-state index in [0.717, 1.165) is 57.9 Å². The van der Waals surface area contributed by atoms with Crippen LogP contribution in [0.4, 0.5) is 4.39 Å². The van der Waals surface area contributed by atoms with Crippen LogP contribution in [-0.4, -0.2) is 24.3 Å². The topological polar surface area (TPSA) is 46.5 Å². The number of hydrogen-bond acceptors (Lipinski definition) is 3. The molecule has 0 aliphatic carbocycles. The van der Waals surface area contributed by atoms with Crippen molar-refractivity contribution in [3.8, 4) is 33.4 Å². The minimum atomic E-state index is -0.426. The Morgan fingerprint density at radius 2 is 1.44 bits per heavy atom. The maximum Gasteiger partial charge on any atom is 0.330 e. The molecule has 3 nitrogen and oxygen atoms in total. The molecular formula is C32H29FO3. The first-order chi connectivity index (χ1) is 17.6. The highest BCUT2D eigenvalue weighted by molar-refractivity contribution is 5.81. The molecule has 0 heterocycles. The van der Waals surface area contributed by atoms with Gasteiger partial charge in [-0.3, -0.25) is 0 Å². The molecule has 1 N–H and O–H groups in total. The van der Waals surface area contributed by atoms with E-state index in [1.54, 1.807) is 6.07 Å². The number of aliphatic hydroxyl groups excluding tert-OH is 1. The monoisotopic (exact) mass is 480 g/mol. The van der Waals surface area contributed by atoms with Gasteiger partial charge in [0.1, 0.15) is 5.82 Å². The molecule has 0 radical (unpaired) electrons. The van der Waals surface area contributed by atoms with Gasteiger partial charge < -0.3 is 9.84 Å². The van der Waals surface area contributed by atoms with Gasteiger partial charge in [-0.1, -0.05) is 91.5 Å². The van der Waals surface area contributed by atoms with E-state index in [-0.39, 0.29) is 19.0 Å². The highest BCUT2D eigenvalue weighted by Crippen LogP contribution is 2.31. The van der Waals surface area contributed by atoms with Gasteiger partial charge in [-0.2, -0.15) is 0 Å². The Balaban J connectivity index is 1.50. The molecule has 4 heteroatoms. The molecule has 0 atom stereocenters. The lowest BCUT2D eigenvalue weighted by Crippen LogP contribution is -2.05. The zero-order chi connectivity index (χ0) is 25.3. The zero-order valence-corrected chi connectivity index (χ0v) is 20.1. The van der Waals surface area contributed by atoms with Gasteiger partial charge in [-0.25, -0.2) is 9.18 Å². The summed E-state index contributed by atoms with van der Waals surface area (Å²) in [6.45, 7) is 3.87. The van der Waals surface area contributed by atoms with Crippen LogP contribution in [-0.2, 0) is 22.4 Å². The molecule has 182 valence electrons. The van der Waals surface area contributed by atoms with E-state index < -0.39 is 5.97 Å². The third kappa shape index (κ3) is 6.15. The Hall–Kier alpha value is -4.02. The van der Waals surface area contributed by atoms with Crippen molar-refractivity contribution in [1.29, 1.82) is 0 Å². The third-order valence-corrected chi connectivity index (χ3v) is 6.19. The van der Waals surface area contributed by atoms with Gasteiger partial charge >= 0.3 is 5.97 Å². The second kappa shape index (κ2) is 12.1. The number of rotatable bonds is 10. The fraction of sp³-hybridized carbons (Fsp3) is 0.156. The standard InChI is InChI=1S/C32H29FO3/c1-2-32(35)36-21-19-25-7-3-4-8-29(25)26-15-13-24(14-16-26)28-17-18-30(31(33)22-28)27-11-9-23(10-12-27)6-5-20-34/h2-4,7-18,22,34H,1,5-6,19-21H2. The summed E-state index contributed by atoms with van der Waals surface area (Å²) in [5.41, 5.74) is 7.47. The largest absolute Gasteiger partial charge is 0.462 e. The van der Waals surface area contributed by atoms with Crippen molar-refractivity contribution in [1.82, 2.24) is 0 Å². The van der Waals surface area contributed by atoms with E-state index in [2.05, 4.69) is 6.58 Å². The molecule has 0 spiro atoms. The van der Waals surface area contributed by atoms with Crippen LogP contribution in [0.2, 0.25) is 0 Å². The molecule has 4 aromatic rings. The minimum absolute atomic E-state index is 0.165. The van der Waals surface area contributed by atoms with E-state index in [1.165, 1.54) is 0 Å². The number of aliphatic hydroxyl groups is 1. The van der Waals surface area contributed by atoms with E-state index in [1.807, 2.05) is 84.9 Å². The SMILES string of the molecule is C=CC(=O)OCCc1ccccc1-c1ccc(-c2ccc(-c3ccc(CCCO)cc3)c(F)c2)cc1. The van der Waals surface area contributed by atoms with Crippen LogP contribution < -0.4 is 0 Å². The number of aryl methyl sites for hydroxylation is 1. The fourth-order valence-corrected chi connectivity index (χ4v) is 4.25. The second-order valence-corrected chi connectivity index (χ2v) is 8.57. The first-order valence-corrected chi connectivity index (χ1v) is 12.1. The fourth-order valence-electron chi connectivity index (χ4n) is 4.25. The number of carbonyl (C=O) groups excluding carboxylic acids is 1. The number of halogens is 1. The first-order valence-electron chi connectivity index (χ1n) is 12.1. The van der Waals surface area contributed by atoms with Crippen molar-refractivity contribution in [2.75, 3.05) is 13.2 Å². The Morgan fingerprint density at radius 1 is 0.806 bits per heavy atom. The van der Waals surface area contributed by atoms with Crippen LogP contribution >= 0.6 is 0 Å². The average Bonchev–Trinajstić information content (AvgIpc) is 2.92. The lowest BCUT2D eigenvalue weighted by atomic mass is 9.95. The average molecular weight is 481 g/mol. The van der Waals surface area contributed by atoms with Crippen molar-refractivity contribution in [2.45, 2.75) is 19.3 Å². The van der Waals surface area contributed by atoms with Gasteiger partial charge in [0.2, 0.25) is 0 Å².